The monoisotopic (exact) mass is 442 g/mol. The van der Waals surface area contributed by atoms with Crippen molar-refractivity contribution in [1.82, 2.24) is 4.90 Å². The molecule has 2 aromatic rings. The number of benzene rings is 1. The molecule has 3 heterocycles. The van der Waals surface area contributed by atoms with Crippen LogP contribution in [-0.4, -0.2) is 58.5 Å². The van der Waals surface area contributed by atoms with Crippen molar-refractivity contribution in [3.05, 3.63) is 58.1 Å². The molecule has 0 saturated carbocycles. The standard InChI is InChI=1S/C21H19N3O4S2/c1-28-17-7-3-2-6-15(17)22-18(25)13-24-16-9-12-30-19(16)20(26)23(21(24)27)10-8-14-5-4-11-29-14/h2-7,9,11-12,19H,8,10,13H2,1H3/p+1. The third-order valence-corrected chi connectivity index (χ3v) is 6.78. The number of hydrogen-bond acceptors (Lipinski definition) is 6. The number of carbonyl (C=O) groups excluding carboxylic acids is 3. The third kappa shape index (κ3) is 4.03. The van der Waals surface area contributed by atoms with Crippen molar-refractivity contribution in [2.24, 2.45) is 0 Å². The van der Waals surface area contributed by atoms with Crippen LogP contribution < -0.4 is 10.1 Å². The number of allylic oxidation sites excluding steroid dienone is 1. The number of carbonyl (C=O) groups is 3. The van der Waals surface area contributed by atoms with Crippen LogP contribution in [0.5, 0.6) is 5.75 Å². The first-order valence-corrected chi connectivity index (χ1v) is 11.2. The maximum absolute atomic E-state index is 13.1. The smallest absolute Gasteiger partial charge is 0.495 e. The van der Waals surface area contributed by atoms with Gasteiger partial charge in [-0.15, -0.1) is 23.1 Å². The Morgan fingerprint density at radius 1 is 1.23 bits per heavy atom. The minimum atomic E-state index is -0.495. The lowest BCUT2D eigenvalue weighted by molar-refractivity contribution is -0.425. The molecule has 0 fully saturated rings. The van der Waals surface area contributed by atoms with Crippen LogP contribution in [0.2, 0.25) is 0 Å². The van der Waals surface area contributed by atoms with E-state index in [1.807, 2.05) is 17.5 Å². The van der Waals surface area contributed by atoms with Crippen LogP contribution in [0.25, 0.3) is 0 Å². The Bertz CT molecular complexity index is 1050. The van der Waals surface area contributed by atoms with Gasteiger partial charge in [0.15, 0.2) is 11.8 Å². The summed E-state index contributed by atoms with van der Waals surface area (Å²) >= 11 is 2.94. The second kappa shape index (κ2) is 8.85. The van der Waals surface area contributed by atoms with Gasteiger partial charge in [-0.3, -0.25) is 4.79 Å². The second-order valence-corrected chi connectivity index (χ2v) is 8.73. The summed E-state index contributed by atoms with van der Waals surface area (Å²) in [7, 11) is 1.53. The highest BCUT2D eigenvalue weighted by Gasteiger charge is 2.49. The molecular formula is C21H20N3O4S2+. The summed E-state index contributed by atoms with van der Waals surface area (Å²) in [6, 6.07) is 10.5. The van der Waals surface area contributed by atoms with Gasteiger partial charge in [-0.05, 0) is 35.1 Å². The maximum Gasteiger partial charge on any atom is 0.501 e. The zero-order valence-corrected chi connectivity index (χ0v) is 17.9. The highest BCUT2D eigenvalue weighted by molar-refractivity contribution is 8.04. The van der Waals surface area contributed by atoms with Gasteiger partial charge in [-0.1, -0.05) is 18.2 Å². The Kier molecular flexibility index (Phi) is 6.01. The molecule has 0 saturated heterocycles. The molecule has 1 unspecified atom stereocenters. The number of thioether (sulfide) groups is 1. The number of urea groups is 1. The van der Waals surface area contributed by atoms with Crippen LogP contribution in [-0.2, 0) is 16.0 Å². The molecule has 1 atom stereocenters. The summed E-state index contributed by atoms with van der Waals surface area (Å²) in [6.45, 7) is 0.101. The number of nitrogens with zero attached hydrogens (tertiary/aromatic N) is 2. The predicted octanol–water partition coefficient (Wildman–Crippen LogP) is 2.98. The molecule has 30 heavy (non-hydrogen) atoms. The molecule has 4 rings (SSSR count). The van der Waals surface area contributed by atoms with Gasteiger partial charge in [0.25, 0.3) is 5.91 Å². The van der Waals surface area contributed by atoms with Crippen LogP contribution in [0.3, 0.4) is 0 Å². The van der Waals surface area contributed by atoms with Crippen molar-refractivity contribution >= 4 is 52.3 Å². The Morgan fingerprint density at radius 3 is 2.83 bits per heavy atom. The van der Waals surface area contributed by atoms with Crippen molar-refractivity contribution in [3.8, 4) is 5.75 Å². The van der Waals surface area contributed by atoms with Gasteiger partial charge >= 0.3 is 11.9 Å². The number of methoxy groups -OCH3 is 1. The molecular weight excluding hydrogens is 422 g/mol. The van der Waals surface area contributed by atoms with E-state index < -0.39 is 11.3 Å². The van der Waals surface area contributed by atoms with E-state index >= 15 is 0 Å². The van der Waals surface area contributed by atoms with E-state index in [0.29, 0.717) is 23.6 Å². The average molecular weight is 443 g/mol. The zero-order valence-electron chi connectivity index (χ0n) is 16.2. The minimum Gasteiger partial charge on any atom is -0.495 e. The Hall–Kier alpha value is -2.91. The Balaban J connectivity index is 1.53. The first-order chi connectivity index (χ1) is 14.6. The van der Waals surface area contributed by atoms with Gasteiger partial charge < -0.3 is 10.1 Å². The molecule has 4 amide bonds. The van der Waals surface area contributed by atoms with Gasteiger partial charge in [0.2, 0.25) is 0 Å². The van der Waals surface area contributed by atoms with Crippen LogP contribution in [0.1, 0.15) is 4.88 Å². The number of amides is 4. The summed E-state index contributed by atoms with van der Waals surface area (Å²) in [5.41, 5.74) is 1.08. The summed E-state index contributed by atoms with van der Waals surface area (Å²) in [4.78, 5) is 41.0. The lowest BCUT2D eigenvalue weighted by Gasteiger charge is -2.24. The van der Waals surface area contributed by atoms with E-state index in [1.54, 1.807) is 47.1 Å². The van der Waals surface area contributed by atoms with E-state index in [9.17, 15) is 14.4 Å². The number of anilines is 1. The van der Waals surface area contributed by atoms with E-state index in [-0.39, 0.29) is 24.9 Å². The minimum absolute atomic E-state index is 0.184. The molecule has 0 bridgehead atoms. The summed E-state index contributed by atoms with van der Waals surface area (Å²) in [5.74, 6) is -0.0645. The number of ether oxygens (including phenoxy) is 1. The second-order valence-electron chi connectivity index (χ2n) is 6.68. The molecule has 1 N–H and O–H groups in total. The molecule has 1 aromatic heterocycles. The molecule has 1 aromatic carbocycles. The fraction of sp³-hybridized carbons (Fsp3) is 0.238. The number of rotatable bonds is 7. The summed E-state index contributed by atoms with van der Waals surface area (Å²) in [5, 5.41) is 6.05. The number of nitrogens with one attached hydrogen (secondary N) is 1. The molecule has 7 nitrogen and oxygen atoms in total. The Labute approximate surface area is 182 Å². The quantitative estimate of drug-likeness (QED) is 0.667. The number of para-hydroxylation sites is 2. The summed E-state index contributed by atoms with van der Waals surface area (Å²) < 4.78 is 6.65. The van der Waals surface area contributed by atoms with E-state index in [1.165, 1.54) is 28.3 Å². The van der Waals surface area contributed by atoms with Crippen LogP contribution in [0, 0.1) is 0 Å². The topological polar surface area (TPSA) is 78.7 Å². The molecule has 0 spiro atoms. The van der Waals surface area contributed by atoms with Gasteiger partial charge in [0.1, 0.15) is 18.0 Å². The highest BCUT2D eigenvalue weighted by Crippen LogP contribution is 2.28. The molecule has 0 aliphatic carbocycles. The lowest BCUT2D eigenvalue weighted by Crippen LogP contribution is -2.56. The summed E-state index contributed by atoms with van der Waals surface area (Å²) in [6.07, 6.45) is 2.33. The lowest BCUT2D eigenvalue weighted by atomic mass is 10.1. The fourth-order valence-corrected chi connectivity index (χ4v) is 5.04. The van der Waals surface area contributed by atoms with E-state index in [4.69, 9.17) is 4.74 Å². The van der Waals surface area contributed by atoms with E-state index in [0.717, 1.165) is 4.88 Å². The SMILES string of the molecule is COc1ccccc1NC(=O)C[N+]1=C2C=CSC2C(=O)N(CCc2cccs2)C1=O. The number of hydrogen-bond donors (Lipinski definition) is 1. The molecule has 2 aliphatic heterocycles. The van der Waals surface area contributed by atoms with Crippen molar-refractivity contribution in [2.45, 2.75) is 11.7 Å². The number of imide groups is 1. The average Bonchev–Trinajstić information content (AvgIpc) is 3.43. The normalized spacial score (nSPS) is 18.0. The molecule has 0 radical (unpaired) electrons. The highest BCUT2D eigenvalue weighted by atomic mass is 32.2. The van der Waals surface area contributed by atoms with Gasteiger partial charge in [-0.25, -0.2) is 4.79 Å². The first-order valence-electron chi connectivity index (χ1n) is 9.35. The fourth-order valence-electron chi connectivity index (χ4n) is 3.38. The first kappa shape index (κ1) is 20.4. The zero-order chi connectivity index (χ0) is 21.1. The molecule has 9 heteroatoms. The van der Waals surface area contributed by atoms with Crippen LogP contribution in [0.4, 0.5) is 10.5 Å². The van der Waals surface area contributed by atoms with Crippen molar-refractivity contribution in [2.75, 3.05) is 25.5 Å². The van der Waals surface area contributed by atoms with Crippen molar-refractivity contribution in [3.63, 3.8) is 0 Å². The van der Waals surface area contributed by atoms with Gasteiger partial charge in [0.05, 0.1) is 12.8 Å². The number of fused-ring (bicyclic) bond motifs is 1. The number of thiophene rings is 1. The van der Waals surface area contributed by atoms with Crippen LogP contribution >= 0.6 is 23.1 Å². The van der Waals surface area contributed by atoms with E-state index in [2.05, 4.69) is 5.32 Å². The Morgan fingerprint density at radius 2 is 2.07 bits per heavy atom. The maximum atomic E-state index is 13.1. The third-order valence-electron chi connectivity index (χ3n) is 4.83. The molecule has 2 aliphatic rings. The molecule has 154 valence electrons. The van der Waals surface area contributed by atoms with Gasteiger partial charge in [-0.2, -0.15) is 14.3 Å². The van der Waals surface area contributed by atoms with Gasteiger partial charge in [0, 0.05) is 11.3 Å². The predicted molar refractivity (Wildman–Crippen MR) is 117 cm³/mol. The largest absolute Gasteiger partial charge is 0.501 e. The van der Waals surface area contributed by atoms with Crippen molar-refractivity contribution < 1.29 is 23.7 Å². The van der Waals surface area contributed by atoms with Crippen LogP contribution in [0.15, 0.2) is 53.3 Å². The van der Waals surface area contributed by atoms with Crippen molar-refractivity contribution in [1.29, 1.82) is 0 Å².